The van der Waals surface area contributed by atoms with Crippen molar-refractivity contribution in [3.05, 3.63) is 45.6 Å². The second-order valence-electron chi connectivity index (χ2n) is 9.74. The summed E-state index contributed by atoms with van der Waals surface area (Å²) in [6, 6.07) is -1.10. The van der Waals surface area contributed by atoms with Crippen molar-refractivity contribution in [1.29, 1.82) is 0 Å². The molecule has 3 amide bonds. The molecule has 1 aromatic heterocycles. The van der Waals surface area contributed by atoms with Crippen molar-refractivity contribution in [2.75, 3.05) is 18.0 Å². The standard InChI is InChI=1S/C24H24N8O8S3/c1-24(2,21(38)39)40-30-13(11-8-42-22(25)27-11)17(34)28-14-18(35)32-15(20(36)37)10(7-41-19(14)32)6-31-5-3-4-12-16(31)29-23(43-12)26-9-33/h3-5,8-9,14,19,23H,6-7H2,1-2H3,(H2,25,27)(H,26,33)(H,28,34)(H,36,37)(H,38,39)/b30-13-/t14?,19-,23?/m1/s1. The number of thioether (sulfide) groups is 2. The summed E-state index contributed by atoms with van der Waals surface area (Å²) < 4.78 is 0. The van der Waals surface area contributed by atoms with Gasteiger partial charge in [0.15, 0.2) is 16.3 Å². The number of rotatable bonds is 11. The fourth-order valence-corrected chi connectivity index (χ4v) is 7.12. The average Bonchev–Trinajstić information content (AvgIpc) is 3.57. The van der Waals surface area contributed by atoms with Gasteiger partial charge in [-0.3, -0.25) is 19.3 Å². The van der Waals surface area contributed by atoms with Crippen molar-refractivity contribution >= 4 is 81.7 Å². The van der Waals surface area contributed by atoms with Crippen LogP contribution in [0.5, 0.6) is 0 Å². The summed E-state index contributed by atoms with van der Waals surface area (Å²) in [6.45, 7) is 2.60. The molecular weight excluding hydrogens is 625 g/mol. The van der Waals surface area contributed by atoms with E-state index in [1.807, 2.05) is 6.08 Å². The molecule has 1 fully saturated rings. The van der Waals surface area contributed by atoms with Crippen LogP contribution in [-0.2, 0) is 28.8 Å². The fraction of sp³-hybridized carbons (Fsp3) is 0.333. The van der Waals surface area contributed by atoms with Gasteiger partial charge >= 0.3 is 11.9 Å². The largest absolute Gasteiger partial charge is 0.478 e. The van der Waals surface area contributed by atoms with Crippen LogP contribution in [0.25, 0.3) is 0 Å². The van der Waals surface area contributed by atoms with Gasteiger partial charge in [-0.15, -0.1) is 23.1 Å². The highest BCUT2D eigenvalue weighted by Crippen LogP contribution is 2.41. The Hall–Kier alpha value is -4.36. The number of β-lactam (4-membered cyclic amide) rings is 1. The van der Waals surface area contributed by atoms with E-state index in [9.17, 15) is 34.2 Å². The van der Waals surface area contributed by atoms with Crippen LogP contribution in [0.15, 0.2) is 50.1 Å². The number of oxime groups is 1. The summed E-state index contributed by atoms with van der Waals surface area (Å²) in [5.74, 6) is -3.36. The van der Waals surface area contributed by atoms with Gasteiger partial charge in [0.05, 0.1) is 4.91 Å². The summed E-state index contributed by atoms with van der Waals surface area (Å²) in [5, 5.41) is 29.1. The van der Waals surface area contributed by atoms with Gasteiger partial charge < -0.3 is 36.3 Å². The van der Waals surface area contributed by atoms with Crippen LogP contribution in [0.1, 0.15) is 19.5 Å². The molecular formula is C24H24N8O8S3. The lowest BCUT2D eigenvalue weighted by molar-refractivity contribution is -0.161. The molecule has 4 aliphatic rings. The summed E-state index contributed by atoms with van der Waals surface area (Å²) in [6.07, 6.45) is 5.90. The van der Waals surface area contributed by atoms with E-state index in [-0.39, 0.29) is 28.8 Å². The van der Waals surface area contributed by atoms with Crippen LogP contribution in [0.4, 0.5) is 5.13 Å². The van der Waals surface area contributed by atoms with E-state index in [0.717, 1.165) is 21.1 Å². The van der Waals surface area contributed by atoms with Gasteiger partial charge in [0.25, 0.3) is 11.8 Å². The Balaban J connectivity index is 1.34. The van der Waals surface area contributed by atoms with Crippen LogP contribution in [0.2, 0.25) is 0 Å². The van der Waals surface area contributed by atoms with Crippen molar-refractivity contribution < 1.29 is 39.0 Å². The van der Waals surface area contributed by atoms with Crippen molar-refractivity contribution in [2.24, 2.45) is 10.1 Å². The number of nitrogen functional groups attached to an aromatic ring is 1. The third-order valence-electron chi connectivity index (χ3n) is 6.45. The number of aromatic nitrogens is 1. The van der Waals surface area contributed by atoms with Gasteiger partial charge in [0.2, 0.25) is 12.0 Å². The maximum atomic E-state index is 13.3. The number of hydrogen-bond donors (Lipinski definition) is 5. The Labute approximate surface area is 255 Å². The van der Waals surface area contributed by atoms with E-state index in [1.165, 1.54) is 42.8 Å². The van der Waals surface area contributed by atoms with Gasteiger partial charge in [0, 0.05) is 23.9 Å². The minimum atomic E-state index is -1.78. The Bertz CT molecular complexity index is 1560. The summed E-state index contributed by atoms with van der Waals surface area (Å²) in [4.78, 5) is 78.5. The fourth-order valence-electron chi connectivity index (χ4n) is 4.29. The minimum Gasteiger partial charge on any atom is -0.478 e. The Kier molecular flexibility index (Phi) is 8.21. The number of hydrogen-bond acceptors (Lipinski definition) is 14. The van der Waals surface area contributed by atoms with E-state index < -0.39 is 52.0 Å². The molecule has 0 saturated carbocycles. The number of carbonyl (C=O) groups excluding carboxylic acids is 3. The van der Waals surface area contributed by atoms with Crippen LogP contribution < -0.4 is 16.4 Å². The van der Waals surface area contributed by atoms with Crippen LogP contribution >= 0.6 is 34.9 Å². The van der Waals surface area contributed by atoms with E-state index in [0.29, 0.717) is 17.8 Å². The van der Waals surface area contributed by atoms with Crippen LogP contribution in [0, 0.1) is 0 Å². The molecule has 0 bridgehead atoms. The van der Waals surface area contributed by atoms with E-state index >= 15 is 0 Å². The molecule has 5 heterocycles. The lowest BCUT2D eigenvalue weighted by Crippen LogP contribution is -2.71. The monoisotopic (exact) mass is 648 g/mol. The number of carbonyl (C=O) groups is 5. The van der Waals surface area contributed by atoms with Gasteiger partial charge in [-0.1, -0.05) is 16.9 Å². The zero-order valence-corrected chi connectivity index (χ0v) is 24.9. The van der Waals surface area contributed by atoms with Crippen molar-refractivity contribution in [3.8, 4) is 0 Å². The maximum absolute atomic E-state index is 13.3. The number of nitrogens with zero attached hydrogens (tertiary/aromatic N) is 5. The smallest absolute Gasteiger partial charge is 0.352 e. The number of aliphatic imine (C=N–C) groups is 1. The number of carboxylic acids is 2. The van der Waals surface area contributed by atoms with Crippen molar-refractivity contribution in [3.63, 3.8) is 0 Å². The average molecular weight is 649 g/mol. The number of amidine groups is 1. The Morgan fingerprint density at radius 1 is 1.33 bits per heavy atom. The minimum absolute atomic E-state index is 0.0103. The number of nitrogens with two attached hydrogens (primary N) is 1. The lowest BCUT2D eigenvalue weighted by Gasteiger charge is -2.49. The highest BCUT2D eigenvalue weighted by molar-refractivity contribution is 8.05. The number of amides is 3. The maximum Gasteiger partial charge on any atom is 0.352 e. The number of nitrogens with one attached hydrogen (secondary N) is 2. The Morgan fingerprint density at radius 3 is 2.74 bits per heavy atom. The third kappa shape index (κ3) is 5.82. The van der Waals surface area contributed by atoms with Crippen molar-refractivity contribution in [1.82, 2.24) is 25.4 Å². The third-order valence-corrected chi connectivity index (χ3v) is 9.50. The molecule has 0 radical (unpaired) electrons. The predicted octanol–water partition coefficient (Wildman–Crippen LogP) is -0.0641. The number of thiazole rings is 1. The molecule has 43 heavy (non-hydrogen) atoms. The van der Waals surface area contributed by atoms with E-state index in [1.54, 1.807) is 17.2 Å². The van der Waals surface area contributed by atoms with Gasteiger partial charge in [-0.2, -0.15) is 0 Å². The zero-order valence-electron chi connectivity index (χ0n) is 22.4. The second-order valence-corrected chi connectivity index (χ2v) is 12.9. The quantitative estimate of drug-likeness (QED) is 0.0917. The lowest BCUT2D eigenvalue weighted by atomic mass is 10.0. The summed E-state index contributed by atoms with van der Waals surface area (Å²) >= 11 is 3.62. The SMILES string of the molecule is CC(C)(O/N=C(\C(=O)NC1C(=O)N2C(C(=O)O)=C(CN3C=CC=C4SC(NC=O)N=C43)CS[C@H]12)c1csc(N)n1)C(=O)O. The first-order chi connectivity index (χ1) is 20.4. The van der Waals surface area contributed by atoms with Gasteiger partial charge in [-0.25, -0.2) is 19.6 Å². The molecule has 3 atom stereocenters. The Morgan fingerprint density at radius 2 is 2.09 bits per heavy atom. The molecule has 0 spiro atoms. The van der Waals surface area contributed by atoms with Crippen LogP contribution in [0.3, 0.4) is 0 Å². The molecule has 1 saturated heterocycles. The molecule has 0 aliphatic carbocycles. The van der Waals surface area contributed by atoms with Gasteiger partial charge in [0.1, 0.15) is 28.6 Å². The summed E-state index contributed by atoms with van der Waals surface area (Å²) in [5.41, 5.74) is 3.29. The first-order valence-electron chi connectivity index (χ1n) is 12.4. The molecule has 4 aliphatic heterocycles. The first-order valence-corrected chi connectivity index (χ1v) is 15.2. The number of aliphatic carboxylic acids is 2. The summed E-state index contributed by atoms with van der Waals surface area (Å²) in [7, 11) is 0. The topological polar surface area (TPSA) is 229 Å². The first kappa shape index (κ1) is 30.1. The molecule has 6 N–H and O–H groups in total. The number of allylic oxidation sites excluding steroid dienone is 2. The highest BCUT2D eigenvalue weighted by atomic mass is 32.2. The number of anilines is 1. The predicted molar refractivity (Wildman–Crippen MR) is 157 cm³/mol. The van der Waals surface area contributed by atoms with E-state index in [2.05, 4.69) is 25.8 Å². The molecule has 1 aromatic rings. The second kappa shape index (κ2) is 11.7. The molecule has 0 aromatic carbocycles. The van der Waals surface area contributed by atoms with Crippen LogP contribution in [-0.4, -0.2) is 102 Å². The van der Waals surface area contributed by atoms with E-state index in [4.69, 9.17) is 10.6 Å². The van der Waals surface area contributed by atoms with Gasteiger partial charge in [-0.05, 0) is 31.6 Å². The number of carboxylic acid groups (broad SMARTS) is 2. The van der Waals surface area contributed by atoms with Crippen molar-refractivity contribution in [2.45, 2.75) is 36.4 Å². The molecule has 226 valence electrons. The normalized spacial score (nSPS) is 23.1. The molecule has 16 nitrogen and oxygen atoms in total. The zero-order chi connectivity index (χ0) is 31.1. The number of fused-ring (bicyclic) bond motifs is 2. The molecule has 2 unspecified atom stereocenters. The highest BCUT2D eigenvalue weighted by Gasteiger charge is 2.54. The molecule has 19 heteroatoms. The molecule has 5 rings (SSSR count).